The highest BCUT2D eigenvalue weighted by Gasteiger charge is 2.18. The average Bonchev–Trinajstić information content (AvgIpc) is 3.12. The fraction of sp³-hybridized carbons (Fsp3) is 0.421. The zero-order chi connectivity index (χ0) is 18.8. The van der Waals surface area contributed by atoms with Crippen molar-refractivity contribution in [3.63, 3.8) is 0 Å². The van der Waals surface area contributed by atoms with Gasteiger partial charge < -0.3 is 15.8 Å². The number of aromatic nitrogens is 1. The Hall–Kier alpha value is -2.25. The second kappa shape index (κ2) is 10.7. The molecule has 2 atom stereocenters. The van der Waals surface area contributed by atoms with E-state index in [-0.39, 0.29) is 18.7 Å². The van der Waals surface area contributed by atoms with Crippen molar-refractivity contribution in [2.75, 3.05) is 13.6 Å². The SMILES string of the molecule is C=[N+](C)CC(CCC(N)Cc1ccccc1)NC(=O)OCc1cncs1. The summed E-state index contributed by atoms with van der Waals surface area (Å²) in [5.74, 6) is 0. The van der Waals surface area contributed by atoms with E-state index in [0.29, 0.717) is 6.54 Å². The lowest BCUT2D eigenvalue weighted by Gasteiger charge is -2.18. The van der Waals surface area contributed by atoms with Crippen LogP contribution in [0.3, 0.4) is 0 Å². The molecule has 0 radical (unpaired) electrons. The average molecular weight is 376 g/mol. The van der Waals surface area contributed by atoms with Gasteiger partial charge in [-0.15, -0.1) is 11.3 Å². The Morgan fingerprint density at radius 2 is 2.15 bits per heavy atom. The molecule has 0 aliphatic heterocycles. The van der Waals surface area contributed by atoms with Gasteiger partial charge in [0.1, 0.15) is 20.4 Å². The van der Waals surface area contributed by atoms with Crippen molar-refractivity contribution in [1.29, 1.82) is 0 Å². The van der Waals surface area contributed by atoms with Gasteiger partial charge in [0.15, 0.2) is 6.54 Å². The van der Waals surface area contributed by atoms with Gasteiger partial charge in [0, 0.05) is 12.2 Å². The van der Waals surface area contributed by atoms with Crippen LogP contribution in [0, 0.1) is 0 Å². The molecule has 2 rings (SSSR count). The van der Waals surface area contributed by atoms with Crippen molar-refractivity contribution in [3.05, 3.63) is 52.5 Å². The summed E-state index contributed by atoms with van der Waals surface area (Å²) in [6.45, 7) is 4.74. The van der Waals surface area contributed by atoms with E-state index >= 15 is 0 Å². The van der Waals surface area contributed by atoms with E-state index in [1.54, 1.807) is 16.3 Å². The Morgan fingerprint density at radius 1 is 1.38 bits per heavy atom. The molecular weight excluding hydrogens is 348 g/mol. The maximum absolute atomic E-state index is 12.0. The van der Waals surface area contributed by atoms with Crippen molar-refractivity contribution in [1.82, 2.24) is 10.3 Å². The molecule has 0 bridgehead atoms. The number of carbonyl (C=O) groups is 1. The maximum atomic E-state index is 12.0. The Bertz CT molecular complexity index is 676. The molecular formula is C19H27N4O2S+. The van der Waals surface area contributed by atoms with Crippen LogP contribution >= 0.6 is 11.3 Å². The van der Waals surface area contributed by atoms with Gasteiger partial charge in [0.05, 0.1) is 16.4 Å². The molecule has 26 heavy (non-hydrogen) atoms. The van der Waals surface area contributed by atoms with Gasteiger partial charge in [-0.3, -0.25) is 4.98 Å². The number of benzene rings is 1. The number of carbonyl (C=O) groups excluding carboxylic acids is 1. The number of thiazole rings is 1. The molecule has 1 heterocycles. The molecule has 1 aromatic heterocycles. The van der Waals surface area contributed by atoms with Crippen LogP contribution in [0.15, 0.2) is 42.0 Å². The third kappa shape index (κ3) is 7.76. The number of nitrogens with two attached hydrogens (primary N) is 1. The minimum Gasteiger partial charge on any atom is -0.444 e. The largest absolute Gasteiger partial charge is 0.444 e. The summed E-state index contributed by atoms with van der Waals surface area (Å²) in [7, 11) is 1.88. The summed E-state index contributed by atoms with van der Waals surface area (Å²) in [6, 6.07) is 10.2. The zero-order valence-corrected chi connectivity index (χ0v) is 16.0. The van der Waals surface area contributed by atoms with Crippen LogP contribution in [0.1, 0.15) is 23.3 Å². The van der Waals surface area contributed by atoms with E-state index in [2.05, 4.69) is 29.2 Å². The first kappa shape index (κ1) is 20.1. The molecule has 140 valence electrons. The molecule has 6 nitrogen and oxygen atoms in total. The number of nitrogens with one attached hydrogen (secondary N) is 1. The first-order chi connectivity index (χ1) is 12.5. The van der Waals surface area contributed by atoms with Gasteiger partial charge in [0.25, 0.3) is 0 Å². The van der Waals surface area contributed by atoms with Crippen LogP contribution in [-0.2, 0) is 17.8 Å². The standard InChI is InChI=1S/C19H26N4O2S/c1-23(2)12-17(22-19(24)25-13-18-11-21-14-26-18)9-8-16(20)10-15-6-4-3-5-7-15/h3-7,11,14,16-17H,1,8-10,12-13,20H2,2H3/p+1. The minimum absolute atomic E-state index is 0.0463. The number of likely N-dealkylation sites (N-methyl/N-ethyl adjacent to an activating group) is 1. The minimum atomic E-state index is -0.429. The van der Waals surface area contributed by atoms with E-state index in [1.807, 2.05) is 25.2 Å². The predicted molar refractivity (Wildman–Crippen MR) is 105 cm³/mol. The summed E-state index contributed by atoms with van der Waals surface area (Å²) >= 11 is 1.46. The number of nitrogens with zero attached hydrogens (tertiary/aromatic N) is 2. The van der Waals surface area contributed by atoms with Gasteiger partial charge in [-0.05, 0) is 24.8 Å². The molecule has 0 saturated carbocycles. The highest BCUT2D eigenvalue weighted by molar-refractivity contribution is 7.09. The number of rotatable bonds is 10. The molecule has 0 aliphatic rings. The molecule has 0 fully saturated rings. The number of ether oxygens (including phenoxy) is 1. The zero-order valence-electron chi connectivity index (χ0n) is 15.1. The highest BCUT2D eigenvalue weighted by Crippen LogP contribution is 2.09. The van der Waals surface area contributed by atoms with E-state index in [0.717, 1.165) is 24.1 Å². The second-order valence-corrected chi connectivity index (χ2v) is 7.42. The predicted octanol–water partition coefficient (Wildman–Crippen LogP) is 2.43. The quantitative estimate of drug-likeness (QED) is 0.494. The molecule has 2 aromatic rings. The van der Waals surface area contributed by atoms with Crippen molar-refractivity contribution in [2.24, 2.45) is 5.73 Å². The fourth-order valence-electron chi connectivity index (χ4n) is 2.68. The van der Waals surface area contributed by atoms with Crippen molar-refractivity contribution in [3.8, 4) is 0 Å². The Morgan fingerprint density at radius 3 is 2.81 bits per heavy atom. The van der Waals surface area contributed by atoms with Crippen LogP contribution in [0.25, 0.3) is 0 Å². The third-order valence-electron chi connectivity index (χ3n) is 3.91. The van der Waals surface area contributed by atoms with E-state index < -0.39 is 6.09 Å². The molecule has 0 spiro atoms. The smallest absolute Gasteiger partial charge is 0.407 e. The Balaban J connectivity index is 1.78. The topological polar surface area (TPSA) is 80.2 Å². The summed E-state index contributed by atoms with van der Waals surface area (Å²) in [4.78, 5) is 16.9. The molecule has 0 saturated heterocycles. The first-order valence-electron chi connectivity index (χ1n) is 8.64. The summed E-state index contributed by atoms with van der Waals surface area (Å²) in [5.41, 5.74) is 9.20. The number of hydrogen-bond donors (Lipinski definition) is 2. The van der Waals surface area contributed by atoms with Crippen LogP contribution in [0.4, 0.5) is 4.79 Å². The normalized spacial score (nSPS) is 13.0. The lowest BCUT2D eigenvalue weighted by atomic mass is 10.00. The Kier molecular flexibility index (Phi) is 8.24. The lowest BCUT2D eigenvalue weighted by Crippen LogP contribution is -2.41. The molecule has 3 N–H and O–H groups in total. The molecule has 1 aromatic carbocycles. The number of amides is 1. The fourth-order valence-corrected chi connectivity index (χ4v) is 3.18. The van der Waals surface area contributed by atoms with E-state index in [1.165, 1.54) is 16.9 Å². The lowest BCUT2D eigenvalue weighted by molar-refractivity contribution is -0.491. The van der Waals surface area contributed by atoms with Gasteiger partial charge >= 0.3 is 6.09 Å². The van der Waals surface area contributed by atoms with Crippen LogP contribution in [-0.4, -0.2) is 48.0 Å². The summed E-state index contributed by atoms with van der Waals surface area (Å²) in [6.07, 6.45) is 3.67. The highest BCUT2D eigenvalue weighted by atomic mass is 32.1. The monoisotopic (exact) mass is 375 g/mol. The van der Waals surface area contributed by atoms with Crippen LogP contribution < -0.4 is 11.1 Å². The van der Waals surface area contributed by atoms with Gasteiger partial charge in [-0.1, -0.05) is 30.3 Å². The Labute approximate surface area is 158 Å². The number of hydrogen-bond acceptors (Lipinski definition) is 5. The van der Waals surface area contributed by atoms with Crippen molar-refractivity contribution in [2.45, 2.75) is 38.0 Å². The molecule has 1 amide bonds. The van der Waals surface area contributed by atoms with Gasteiger partial charge in [-0.25, -0.2) is 9.37 Å². The van der Waals surface area contributed by atoms with Gasteiger partial charge in [0.2, 0.25) is 0 Å². The van der Waals surface area contributed by atoms with E-state index in [4.69, 9.17) is 10.5 Å². The number of alkyl carbamates (subject to hydrolysis) is 1. The maximum Gasteiger partial charge on any atom is 0.407 e. The molecule has 2 unspecified atom stereocenters. The molecule has 7 heteroatoms. The molecule has 0 aliphatic carbocycles. The summed E-state index contributed by atoms with van der Waals surface area (Å²) < 4.78 is 7.05. The second-order valence-electron chi connectivity index (χ2n) is 6.45. The van der Waals surface area contributed by atoms with Crippen molar-refractivity contribution < 1.29 is 14.1 Å². The third-order valence-corrected chi connectivity index (χ3v) is 4.66. The summed E-state index contributed by atoms with van der Waals surface area (Å²) in [5, 5.41) is 2.92. The van der Waals surface area contributed by atoms with Crippen LogP contribution in [0.5, 0.6) is 0 Å². The van der Waals surface area contributed by atoms with E-state index in [9.17, 15) is 4.79 Å². The van der Waals surface area contributed by atoms with Crippen molar-refractivity contribution >= 4 is 24.1 Å². The van der Waals surface area contributed by atoms with Gasteiger partial charge in [-0.2, -0.15) is 0 Å². The van der Waals surface area contributed by atoms with Crippen LogP contribution in [0.2, 0.25) is 0 Å². The first-order valence-corrected chi connectivity index (χ1v) is 9.52.